The number of nitrogens with one attached hydrogen (secondary N) is 2. The summed E-state index contributed by atoms with van der Waals surface area (Å²) in [4.78, 5) is 19.7. The topological polar surface area (TPSA) is 104 Å². The van der Waals surface area contributed by atoms with Gasteiger partial charge in [0.25, 0.3) is 5.91 Å². The quantitative estimate of drug-likeness (QED) is 0.712. The number of imidazole rings is 1. The molecule has 0 saturated carbocycles. The number of rotatable bonds is 6. The third-order valence-electron chi connectivity index (χ3n) is 5.60. The van der Waals surface area contributed by atoms with Gasteiger partial charge in [-0.05, 0) is 55.9 Å². The van der Waals surface area contributed by atoms with E-state index in [9.17, 15) is 13.2 Å². The zero-order valence-electron chi connectivity index (χ0n) is 17.7. The highest BCUT2D eigenvalue weighted by atomic mass is 32.2. The van der Waals surface area contributed by atoms with Gasteiger partial charge in [-0.25, -0.2) is 13.4 Å². The van der Waals surface area contributed by atoms with Crippen LogP contribution in [0.15, 0.2) is 30.5 Å². The number of anilines is 1. The van der Waals surface area contributed by atoms with Crippen LogP contribution in [0.25, 0.3) is 5.57 Å². The number of nitrogens with zero attached hydrogens (tertiary/aromatic N) is 2. The van der Waals surface area contributed by atoms with Gasteiger partial charge in [0.1, 0.15) is 0 Å². The molecule has 1 saturated heterocycles. The molecular weight excluding hydrogens is 416 g/mol. The zero-order valence-corrected chi connectivity index (χ0v) is 18.5. The molecule has 0 atom stereocenters. The summed E-state index contributed by atoms with van der Waals surface area (Å²) in [6.45, 7) is 3.46. The van der Waals surface area contributed by atoms with Gasteiger partial charge in [0.05, 0.1) is 19.0 Å². The number of aryl methyl sites for hydroxylation is 1. The predicted molar refractivity (Wildman–Crippen MR) is 119 cm³/mol. The molecule has 2 aliphatic rings. The lowest BCUT2D eigenvalue weighted by molar-refractivity contribution is 0.0729. The van der Waals surface area contributed by atoms with E-state index < -0.39 is 10.0 Å². The molecule has 8 nitrogen and oxygen atoms in total. The molecule has 1 aliphatic heterocycles. The number of aromatic amines is 1. The van der Waals surface area contributed by atoms with Crippen LogP contribution in [0.4, 0.5) is 5.69 Å². The summed E-state index contributed by atoms with van der Waals surface area (Å²) in [7, 11) is -3.43. The number of hydrogen-bond donors (Lipinski definition) is 2. The molecule has 1 aromatic carbocycles. The number of amides is 1. The van der Waals surface area contributed by atoms with Crippen LogP contribution in [0.5, 0.6) is 0 Å². The molecule has 0 bridgehead atoms. The SMILES string of the molecule is Cc1cnc(C(=O)Nc2ccc(CS(=O)(=O)N3CCOCC3)cc2C2=CCCCC2)[nH]1. The van der Waals surface area contributed by atoms with Gasteiger partial charge >= 0.3 is 0 Å². The lowest BCUT2D eigenvalue weighted by atomic mass is 9.91. The number of aromatic nitrogens is 2. The van der Waals surface area contributed by atoms with Gasteiger partial charge in [-0.3, -0.25) is 4.79 Å². The second kappa shape index (κ2) is 9.33. The second-order valence-electron chi connectivity index (χ2n) is 7.99. The van der Waals surface area contributed by atoms with E-state index in [1.54, 1.807) is 18.3 Å². The van der Waals surface area contributed by atoms with E-state index in [4.69, 9.17) is 4.74 Å². The molecule has 0 spiro atoms. The van der Waals surface area contributed by atoms with Crippen LogP contribution in [0.1, 0.15) is 53.1 Å². The smallest absolute Gasteiger partial charge is 0.291 e. The fourth-order valence-corrected chi connectivity index (χ4v) is 5.46. The number of allylic oxidation sites excluding steroid dienone is 2. The van der Waals surface area contributed by atoms with Crippen molar-refractivity contribution in [2.75, 3.05) is 31.6 Å². The molecule has 166 valence electrons. The number of carbonyl (C=O) groups is 1. The van der Waals surface area contributed by atoms with Crippen LogP contribution in [0.3, 0.4) is 0 Å². The van der Waals surface area contributed by atoms with Crippen molar-refractivity contribution in [2.45, 2.75) is 38.4 Å². The molecule has 1 fully saturated rings. The van der Waals surface area contributed by atoms with Crippen molar-refractivity contribution in [1.82, 2.24) is 14.3 Å². The molecular formula is C22H28N4O4S. The highest BCUT2D eigenvalue weighted by Gasteiger charge is 2.25. The number of morpholine rings is 1. The standard InChI is InChI=1S/C22H28N4O4S/c1-16-14-23-21(24-16)22(27)25-20-8-7-17(13-19(20)18-5-3-2-4-6-18)15-31(28,29)26-9-11-30-12-10-26/h5,7-8,13-14H,2-4,6,9-12,15H2,1H3,(H,23,24)(H,25,27). The molecule has 31 heavy (non-hydrogen) atoms. The van der Waals surface area contributed by atoms with Gasteiger partial charge in [0, 0.05) is 36.2 Å². The Bertz CT molecular complexity index is 1080. The molecule has 1 amide bonds. The summed E-state index contributed by atoms with van der Waals surface area (Å²) >= 11 is 0. The molecule has 0 unspecified atom stereocenters. The number of carbonyl (C=O) groups excluding carboxylic acids is 1. The molecule has 9 heteroatoms. The monoisotopic (exact) mass is 444 g/mol. The minimum absolute atomic E-state index is 0.0706. The lowest BCUT2D eigenvalue weighted by Crippen LogP contribution is -2.41. The van der Waals surface area contributed by atoms with Crippen LogP contribution in [0, 0.1) is 6.92 Å². The average molecular weight is 445 g/mol. The fraction of sp³-hybridized carbons (Fsp3) is 0.455. The van der Waals surface area contributed by atoms with Gasteiger partial charge in [-0.1, -0.05) is 12.1 Å². The minimum atomic E-state index is -3.43. The molecule has 2 N–H and O–H groups in total. The fourth-order valence-electron chi connectivity index (χ4n) is 3.97. The Morgan fingerprint density at radius 3 is 2.74 bits per heavy atom. The van der Waals surface area contributed by atoms with Crippen molar-refractivity contribution in [3.63, 3.8) is 0 Å². The number of H-pyrrole nitrogens is 1. The van der Waals surface area contributed by atoms with Gasteiger partial charge in [-0.15, -0.1) is 0 Å². The first-order valence-corrected chi connectivity index (χ1v) is 12.2. The summed E-state index contributed by atoms with van der Waals surface area (Å²) in [5.41, 5.74) is 4.21. The zero-order chi connectivity index (χ0) is 21.8. The maximum atomic E-state index is 12.9. The van der Waals surface area contributed by atoms with E-state index in [1.165, 1.54) is 4.31 Å². The Morgan fingerprint density at radius 2 is 2.06 bits per heavy atom. The Kier molecular flexibility index (Phi) is 6.54. The second-order valence-corrected chi connectivity index (χ2v) is 9.96. The van der Waals surface area contributed by atoms with Gasteiger partial charge in [-0.2, -0.15) is 4.31 Å². The van der Waals surface area contributed by atoms with Crippen LogP contribution >= 0.6 is 0 Å². The summed E-state index contributed by atoms with van der Waals surface area (Å²) < 4.78 is 32.5. The van der Waals surface area contributed by atoms with Crippen molar-refractivity contribution >= 4 is 27.2 Å². The van der Waals surface area contributed by atoms with Crippen LogP contribution in [0.2, 0.25) is 0 Å². The van der Waals surface area contributed by atoms with Crippen molar-refractivity contribution in [1.29, 1.82) is 0 Å². The normalized spacial score (nSPS) is 17.9. The summed E-state index contributed by atoms with van der Waals surface area (Å²) in [5, 5.41) is 2.94. The van der Waals surface area contributed by atoms with Crippen LogP contribution in [-0.2, 0) is 20.5 Å². The van der Waals surface area contributed by atoms with Crippen molar-refractivity contribution in [3.05, 3.63) is 53.1 Å². The average Bonchev–Trinajstić information content (AvgIpc) is 3.22. The predicted octanol–water partition coefficient (Wildman–Crippen LogP) is 3.09. The highest BCUT2D eigenvalue weighted by Crippen LogP contribution is 2.33. The first kappa shape index (κ1) is 21.7. The first-order valence-electron chi connectivity index (χ1n) is 10.6. The maximum absolute atomic E-state index is 12.9. The molecule has 4 rings (SSSR count). The van der Waals surface area contributed by atoms with E-state index in [-0.39, 0.29) is 17.5 Å². The summed E-state index contributed by atoms with van der Waals surface area (Å²) in [6.07, 6.45) is 7.90. The Balaban J connectivity index is 1.61. The van der Waals surface area contributed by atoms with Gasteiger partial charge < -0.3 is 15.0 Å². The molecule has 1 aromatic heterocycles. The van der Waals surface area contributed by atoms with E-state index in [0.717, 1.165) is 42.5 Å². The summed E-state index contributed by atoms with van der Waals surface area (Å²) in [5.74, 6) is -0.140. The third kappa shape index (κ3) is 5.23. The van der Waals surface area contributed by atoms with Crippen molar-refractivity contribution < 1.29 is 17.9 Å². The minimum Gasteiger partial charge on any atom is -0.379 e. The molecule has 0 radical (unpaired) electrons. The Labute approximate surface area is 182 Å². The number of hydrogen-bond acceptors (Lipinski definition) is 5. The number of ether oxygens (including phenoxy) is 1. The molecule has 1 aliphatic carbocycles. The first-order chi connectivity index (χ1) is 14.9. The van der Waals surface area contributed by atoms with Gasteiger partial charge in [0.2, 0.25) is 10.0 Å². The highest BCUT2D eigenvalue weighted by molar-refractivity contribution is 7.88. The largest absolute Gasteiger partial charge is 0.379 e. The lowest BCUT2D eigenvalue weighted by Gasteiger charge is -2.26. The van der Waals surface area contributed by atoms with Gasteiger partial charge in [0.15, 0.2) is 5.82 Å². The van der Waals surface area contributed by atoms with E-state index in [0.29, 0.717) is 37.6 Å². The van der Waals surface area contributed by atoms with Crippen molar-refractivity contribution in [2.24, 2.45) is 0 Å². The Morgan fingerprint density at radius 1 is 1.26 bits per heavy atom. The third-order valence-corrected chi connectivity index (χ3v) is 7.45. The van der Waals surface area contributed by atoms with Crippen molar-refractivity contribution in [3.8, 4) is 0 Å². The van der Waals surface area contributed by atoms with Crippen LogP contribution < -0.4 is 5.32 Å². The molecule has 2 heterocycles. The van der Waals surface area contributed by atoms with E-state index >= 15 is 0 Å². The van der Waals surface area contributed by atoms with Crippen LogP contribution in [-0.4, -0.2) is 54.9 Å². The number of benzene rings is 1. The summed E-state index contributed by atoms with van der Waals surface area (Å²) in [6, 6.07) is 5.47. The number of sulfonamides is 1. The maximum Gasteiger partial charge on any atom is 0.291 e. The molecule has 2 aromatic rings. The Hall–Kier alpha value is -2.49. The van der Waals surface area contributed by atoms with E-state index in [2.05, 4.69) is 21.4 Å². The van der Waals surface area contributed by atoms with E-state index in [1.807, 2.05) is 13.0 Å².